The highest BCUT2D eigenvalue weighted by Crippen LogP contribution is 2.58. The Labute approximate surface area is 485 Å². The van der Waals surface area contributed by atoms with Gasteiger partial charge in [0.05, 0.1) is 89.4 Å². The Hall–Kier alpha value is -3.54. The van der Waals surface area contributed by atoms with Crippen LogP contribution in [0.25, 0.3) is 0 Å². The zero-order chi connectivity index (χ0) is 59.7. The second-order valence-corrected chi connectivity index (χ2v) is 24.7. The van der Waals surface area contributed by atoms with Crippen LogP contribution in [-0.2, 0) is 56.8 Å². The summed E-state index contributed by atoms with van der Waals surface area (Å²) in [6, 6.07) is 3.29. The van der Waals surface area contributed by atoms with Gasteiger partial charge in [0, 0.05) is 73.7 Å². The van der Waals surface area contributed by atoms with Crippen LogP contribution >= 0.6 is 0 Å². The van der Waals surface area contributed by atoms with Crippen LogP contribution in [0.3, 0.4) is 0 Å². The number of carbonyl (C=O) groups excluding carboxylic acids is 2. The lowest BCUT2D eigenvalue weighted by atomic mass is 9.70. The van der Waals surface area contributed by atoms with Gasteiger partial charge in [-0.15, -0.1) is 0 Å². The highest BCUT2D eigenvalue weighted by molar-refractivity contribution is 6.31. The molecular weight excluding hydrogens is 1080 g/mol. The van der Waals surface area contributed by atoms with Crippen LogP contribution in [0, 0.1) is 0 Å². The van der Waals surface area contributed by atoms with Crippen molar-refractivity contribution in [3.8, 4) is 17.2 Å². The van der Waals surface area contributed by atoms with Crippen molar-refractivity contribution in [2.24, 2.45) is 0 Å². The van der Waals surface area contributed by atoms with Crippen molar-refractivity contribution >= 4 is 11.6 Å². The number of aliphatic hydroxyl groups is 4. The zero-order valence-corrected chi connectivity index (χ0v) is 49.5. The summed E-state index contributed by atoms with van der Waals surface area (Å²) in [7, 11) is 7.55. The SMILES string of the molecule is CC[C@@]1(O)C[C@H](OC2CC(N(C)C)C(OC3CC(O)C(O)C(C)O3)C(C)O2)c2c(O)c3c(c(O)c2[C@H]1OC1CC(N(C)C)C(OC2CCC(OC4CCC(OC5CCC(O)C(C)O5)C(C)O4)C(C)O2)C(C)O1)C(=O)c1cccc(O)c1C3=O. The smallest absolute Gasteiger partial charge is 0.202 e. The first kappa shape index (κ1) is 62.5. The monoisotopic (exact) mass is 1170 g/mol. The molecule has 2 aromatic rings. The van der Waals surface area contributed by atoms with Gasteiger partial charge in [-0.25, -0.2) is 0 Å². The topological polar surface area (TPSA) is 293 Å². The van der Waals surface area contributed by atoms with Gasteiger partial charge in [-0.3, -0.25) is 9.59 Å². The molecule has 6 aliphatic heterocycles. The molecule has 24 atom stereocenters. The van der Waals surface area contributed by atoms with Crippen molar-refractivity contribution in [3.63, 3.8) is 0 Å². The molecular formula is C60H88N2O21. The minimum atomic E-state index is -1.87. The van der Waals surface area contributed by atoms with E-state index in [4.69, 9.17) is 56.8 Å². The highest BCUT2D eigenvalue weighted by Gasteiger charge is 2.55. The lowest BCUT2D eigenvalue weighted by molar-refractivity contribution is -0.326. The molecule has 2 aliphatic carbocycles. The number of phenolic OH excluding ortho intramolecular Hbond substituents is 3. The van der Waals surface area contributed by atoms with Gasteiger partial charge in [0.2, 0.25) is 5.78 Å². The summed E-state index contributed by atoms with van der Waals surface area (Å²) in [4.78, 5) is 32.9. The van der Waals surface area contributed by atoms with Crippen LogP contribution in [0.15, 0.2) is 18.2 Å². The zero-order valence-electron chi connectivity index (χ0n) is 49.5. The molecule has 0 aromatic heterocycles. The van der Waals surface area contributed by atoms with Gasteiger partial charge >= 0.3 is 0 Å². The number of carbonyl (C=O) groups is 2. The van der Waals surface area contributed by atoms with E-state index in [1.54, 1.807) is 20.8 Å². The molecule has 6 fully saturated rings. The maximum absolute atomic E-state index is 14.5. The van der Waals surface area contributed by atoms with Gasteiger partial charge in [-0.1, -0.05) is 19.1 Å². The Morgan fingerprint density at radius 3 is 1.55 bits per heavy atom. The first-order valence-electron chi connectivity index (χ1n) is 29.8. The van der Waals surface area contributed by atoms with Crippen LogP contribution in [0.4, 0.5) is 0 Å². The van der Waals surface area contributed by atoms with Crippen molar-refractivity contribution < 1.29 is 102 Å². The molecule has 0 spiro atoms. The number of ether oxygens (including phenoxy) is 12. The van der Waals surface area contributed by atoms with Gasteiger partial charge in [0.1, 0.15) is 41.7 Å². The number of rotatable bonds is 15. The van der Waals surface area contributed by atoms with E-state index in [0.29, 0.717) is 32.1 Å². The Morgan fingerprint density at radius 2 is 1.01 bits per heavy atom. The predicted molar refractivity (Wildman–Crippen MR) is 292 cm³/mol. The van der Waals surface area contributed by atoms with E-state index in [-0.39, 0.29) is 103 Å². The molecule has 10 rings (SSSR count). The molecule has 6 saturated heterocycles. The Balaban J connectivity index is 0.860. The third-order valence-corrected chi connectivity index (χ3v) is 18.6. The number of ketones is 2. The second kappa shape index (κ2) is 25.3. The highest BCUT2D eigenvalue weighted by atomic mass is 16.8. The Morgan fingerprint density at radius 1 is 0.530 bits per heavy atom. The first-order valence-corrected chi connectivity index (χ1v) is 29.8. The molecule has 0 amide bonds. The fraction of sp³-hybridized carbons (Fsp3) is 0.767. The summed E-state index contributed by atoms with van der Waals surface area (Å²) in [5.74, 6) is -3.62. The molecule has 464 valence electrons. The summed E-state index contributed by atoms with van der Waals surface area (Å²) >= 11 is 0. The summed E-state index contributed by atoms with van der Waals surface area (Å²) in [5, 5.41) is 80.2. The summed E-state index contributed by atoms with van der Waals surface area (Å²) < 4.78 is 77.5. The van der Waals surface area contributed by atoms with Gasteiger partial charge in [0.25, 0.3) is 0 Å². The van der Waals surface area contributed by atoms with Crippen LogP contribution in [0.5, 0.6) is 17.2 Å². The molecule has 2 aromatic carbocycles. The lowest BCUT2D eigenvalue weighted by Gasteiger charge is -2.50. The predicted octanol–water partition coefficient (Wildman–Crippen LogP) is 4.70. The van der Waals surface area contributed by atoms with E-state index in [2.05, 4.69) is 0 Å². The van der Waals surface area contributed by atoms with Crippen LogP contribution in [0.2, 0.25) is 0 Å². The molecule has 0 bridgehead atoms. The molecule has 83 heavy (non-hydrogen) atoms. The van der Waals surface area contributed by atoms with Crippen molar-refractivity contribution in [2.75, 3.05) is 28.2 Å². The van der Waals surface area contributed by atoms with Crippen molar-refractivity contribution in [3.05, 3.63) is 51.6 Å². The largest absolute Gasteiger partial charge is 0.507 e. The molecule has 23 nitrogen and oxygen atoms in total. The third-order valence-electron chi connectivity index (χ3n) is 18.6. The molecule has 6 heterocycles. The fourth-order valence-corrected chi connectivity index (χ4v) is 13.7. The second-order valence-electron chi connectivity index (χ2n) is 24.7. The number of aromatic hydroxyl groups is 3. The molecule has 8 aliphatic rings. The molecule has 7 N–H and O–H groups in total. The minimum Gasteiger partial charge on any atom is -0.507 e. The number of hydrogen-bond acceptors (Lipinski definition) is 23. The summed E-state index contributed by atoms with van der Waals surface area (Å²) in [6.45, 7) is 12.8. The summed E-state index contributed by atoms with van der Waals surface area (Å²) in [6.07, 6.45) is -10.2. The number of phenols is 3. The van der Waals surface area contributed by atoms with Crippen molar-refractivity contribution in [2.45, 2.75) is 266 Å². The Bertz CT molecular complexity index is 2610. The van der Waals surface area contributed by atoms with Gasteiger partial charge < -0.3 is 102 Å². The van der Waals surface area contributed by atoms with E-state index in [1.807, 2.05) is 65.7 Å². The van der Waals surface area contributed by atoms with Crippen molar-refractivity contribution in [1.82, 2.24) is 9.80 Å². The van der Waals surface area contributed by atoms with Crippen LogP contribution in [0.1, 0.15) is 174 Å². The number of aliphatic hydroxyl groups excluding tert-OH is 3. The molecule has 21 unspecified atom stereocenters. The van der Waals surface area contributed by atoms with E-state index in [0.717, 1.165) is 6.42 Å². The van der Waals surface area contributed by atoms with Gasteiger partial charge in [-0.2, -0.15) is 0 Å². The number of benzene rings is 2. The first-order chi connectivity index (χ1) is 39.4. The van der Waals surface area contributed by atoms with Gasteiger partial charge in [0.15, 0.2) is 43.5 Å². The Kier molecular flexibility index (Phi) is 19.0. The molecule has 0 radical (unpaired) electrons. The normalized spacial score (nSPS) is 42.3. The number of likely N-dealkylation sites (N-methyl/N-ethyl adjacent to an activating group) is 2. The average Bonchev–Trinajstić information content (AvgIpc) is 1.04. The maximum Gasteiger partial charge on any atom is 0.202 e. The fourth-order valence-electron chi connectivity index (χ4n) is 13.7. The number of hydrogen-bond donors (Lipinski definition) is 7. The van der Waals surface area contributed by atoms with Crippen LogP contribution in [-0.4, -0.2) is 220 Å². The van der Waals surface area contributed by atoms with Crippen LogP contribution < -0.4 is 0 Å². The van der Waals surface area contributed by atoms with E-state index >= 15 is 0 Å². The third kappa shape index (κ3) is 12.5. The number of nitrogens with zero attached hydrogens (tertiary/aromatic N) is 2. The maximum atomic E-state index is 14.5. The molecule has 0 saturated carbocycles. The average molecular weight is 1170 g/mol. The number of fused-ring (bicyclic) bond motifs is 3. The quantitative estimate of drug-likeness (QED) is 0.101. The molecule has 23 heteroatoms. The van der Waals surface area contributed by atoms with E-state index in [9.17, 15) is 45.3 Å². The minimum absolute atomic E-state index is 0.0197. The summed E-state index contributed by atoms with van der Waals surface area (Å²) in [5.41, 5.74) is -3.72. The van der Waals surface area contributed by atoms with E-state index in [1.165, 1.54) is 18.2 Å². The van der Waals surface area contributed by atoms with Gasteiger partial charge in [-0.05, 0) is 101 Å². The standard InChI is InChI=1S/C60H88N2O21/c1-12-60(71)25-40(80-44-22-33(61(8)9)58(31(7)76-44)82-46-24-37(65)52(66)29(5)75-46)48-51(56(70)49-50(55(48)69)54(68)47-32(53(49)67)14-13-15-36(47)64)59(60)83-45-23-34(62(10)11)57(30(6)77-45)81-43-21-18-39(28(4)74-43)79-42-20-17-38(27(3)73-42)78-41-19-16-35(63)26(2)72-41/h13-15,26-31,33-35,37-46,52,57-59,63-66,69-71H,12,16-25H2,1-11H3/t26?,27?,28?,29?,30?,31?,33?,34?,35?,37?,38?,39?,40-,41?,42?,43?,44?,45?,46?,52?,57?,58?,59+,60+/m0/s1. The lowest BCUT2D eigenvalue weighted by Crippen LogP contribution is -2.58. The van der Waals surface area contributed by atoms with E-state index < -0.39 is 138 Å². The van der Waals surface area contributed by atoms with Crippen molar-refractivity contribution in [1.29, 1.82) is 0 Å².